The van der Waals surface area contributed by atoms with Gasteiger partial charge >= 0.3 is 12.2 Å². The number of barbiturate groups is 1. The van der Waals surface area contributed by atoms with Crippen LogP contribution in [0.25, 0.3) is 11.4 Å². The SMILES string of the molecule is CC[C@@H]1O[C@H](C(F)(F)F)CN2c3cc(F)c(-c4noc(C)n4)cc3CC3(C(=O)NC(=O)NC3=O)[C@@H]12. The summed E-state index contributed by atoms with van der Waals surface area (Å²) in [6.45, 7) is 2.26. The highest BCUT2D eigenvalue weighted by Crippen LogP contribution is 2.49. The number of imide groups is 2. The van der Waals surface area contributed by atoms with Crippen molar-refractivity contribution in [3.05, 3.63) is 29.4 Å². The molecule has 2 aromatic rings. The number of halogens is 4. The number of ether oxygens (including phenoxy) is 1. The van der Waals surface area contributed by atoms with Crippen LogP contribution in [0, 0.1) is 18.2 Å². The third-order valence-electron chi connectivity index (χ3n) is 6.64. The van der Waals surface area contributed by atoms with E-state index in [0.29, 0.717) is 0 Å². The molecule has 2 saturated heterocycles. The van der Waals surface area contributed by atoms with Gasteiger partial charge in [-0.2, -0.15) is 18.2 Å². The van der Waals surface area contributed by atoms with Gasteiger partial charge in [-0.1, -0.05) is 12.1 Å². The number of urea groups is 1. The van der Waals surface area contributed by atoms with E-state index in [1.54, 1.807) is 6.92 Å². The topological polar surface area (TPSA) is 127 Å². The molecule has 186 valence electrons. The largest absolute Gasteiger partial charge is 0.416 e. The van der Waals surface area contributed by atoms with Gasteiger partial charge in [0.05, 0.1) is 24.3 Å². The summed E-state index contributed by atoms with van der Waals surface area (Å²) >= 11 is 0. The Bertz CT molecular complexity index is 1230. The second-order valence-corrected chi connectivity index (χ2v) is 8.69. The number of benzene rings is 1. The van der Waals surface area contributed by atoms with Gasteiger partial charge in [0.1, 0.15) is 5.82 Å². The number of amides is 4. The molecule has 1 aromatic carbocycles. The van der Waals surface area contributed by atoms with Gasteiger partial charge in [0.25, 0.3) is 0 Å². The zero-order valence-electron chi connectivity index (χ0n) is 18.4. The van der Waals surface area contributed by atoms with Crippen molar-refractivity contribution in [1.82, 2.24) is 20.8 Å². The molecule has 0 unspecified atom stereocenters. The lowest BCUT2D eigenvalue weighted by Crippen LogP contribution is -2.76. The number of hydrogen-bond donors (Lipinski definition) is 2. The van der Waals surface area contributed by atoms with E-state index in [1.165, 1.54) is 17.9 Å². The predicted octanol–water partition coefficient (Wildman–Crippen LogP) is 2.01. The van der Waals surface area contributed by atoms with Crippen molar-refractivity contribution in [2.24, 2.45) is 5.41 Å². The van der Waals surface area contributed by atoms with Crippen LogP contribution in [-0.4, -0.2) is 59.0 Å². The third kappa shape index (κ3) is 3.46. The molecule has 3 aliphatic rings. The number of aromatic nitrogens is 2. The first-order valence-electron chi connectivity index (χ1n) is 10.7. The molecule has 3 atom stereocenters. The molecule has 0 saturated carbocycles. The fourth-order valence-electron chi connectivity index (χ4n) is 5.15. The minimum Gasteiger partial charge on any atom is -0.361 e. The van der Waals surface area contributed by atoms with Crippen molar-refractivity contribution < 1.29 is 41.2 Å². The summed E-state index contributed by atoms with van der Waals surface area (Å²) in [5.41, 5.74) is -1.84. The summed E-state index contributed by atoms with van der Waals surface area (Å²) in [7, 11) is 0. The summed E-state index contributed by atoms with van der Waals surface area (Å²) in [6.07, 6.45) is -8.53. The van der Waals surface area contributed by atoms with Crippen LogP contribution in [0.2, 0.25) is 0 Å². The van der Waals surface area contributed by atoms with Crippen molar-refractivity contribution in [1.29, 1.82) is 0 Å². The summed E-state index contributed by atoms with van der Waals surface area (Å²) in [5.74, 6) is -2.71. The Kier molecular flexibility index (Phi) is 5.12. The number of rotatable bonds is 2. The van der Waals surface area contributed by atoms with E-state index in [1.807, 2.05) is 0 Å². The van der Waals surface area contributed by atoms with Gasteiger partial charge < -0.3 is 14.2 Å². The van der Waals surface area contributed by atoms with Gasteiger partial charge in [0.2, 0.25) is 23.5 Å². The molecule has 4 heterocycles. The van der Waals surface area contributed by atoms with Gasteiger partial charge in [-0.15, -0.1) is 0 Å². The Balaban J connectivity index is 1.72. The van der Waals surface area contributed by atoms with Crippen molar-refractivity contribution in [2.75, 3.05) is 11.4 Å². The van der Waals surface area contributed by atoms with Crippen LogP contribution in [0.5, 0.6) is 0 Å². The lowest BCUT2D eigenvalue weighted by atomic mass is 9.66. The maximum Gasteiger partial charge on any atom is 0.416 e. The molecular formula is C21H19F4N5O5. The number of carbonyl (C=O) groups excluding carboxylic acids is 3. The lowest BCUT2D eigenvalue weighted by Gasteiger charge is -2.56. The van der Waals surface area contributed by atoms with E-state index >= 15 is 4.39 Å². The molecule has 1 spiro atoms. The van der Waals surface area contributed by atoms with E-state index < -0.39 is 60.0 Å². The van der Waals surface area contributed by atoms with Gasteiger partial charge in [-0.3, -0.25) is 20.2 Å². The Morgan fingerprint density at radius 3 is 2.46 bits per heavy atom. The van der Waals surface area contributed by atoms with Gasteiger partial charge in [0, 0.05) is 12.6 Å². The van der Waals surface area contributed by atoms with Gasteiger partial charge in [0.15, 0.2) is 11.5 Å². The minimum absolute atomic E-state index is 0.0159. The number of hydrogen-bond acceptors (Lipinski definition) is 8. The first kappa shape index (κ1) is 23.2. The normalized spacial score (nSPS) is 25.7. The molecule has 1 aromatic heterocycles. The average Bonchev–Trinajstić information content (AvgIpc) is 3.21. The van der Waals surface area contributed by atoms with E-state index in [9.17, 15) is 27.6 Å². The third-order valence-corrected chi connectivity index (χ3v) is 6.64. The first-order chi connectivity index (χ1) is 16.5. The number of nitrogens with one attached hydrogen (secondary N) is 2. The van der Waals surface area contributed by atoms with Crippen LogP contribution < -0.4 is 15.5 Å². The highest BCUT2D eigenvalue weighted by molar-refractivity contribution is 6.20. The molecule has 35 heavy (non-hydrogen) atoms. The Morgan fingerprint density at radius 1 is 1.20 bits per heavy atom. The van der Waals surface area contributed by atoms with Crippen LogP contribution >= 0.6 is 0 Å². The number of fused-ring (bicyclic) bond motifs is 4. The summed E-state index contributed by atoms with van der Waals surface area (Å²) in [4.78, 5) is 43.4. The maximum atomic E-state index is 15.2. The first-order valence-corrected chi connectivity index (χ1v) is 10.7. The standard InChI is InChI=1S/C21H19F4N5O5/c1-3-13-15-20(17(31)27-19(33)28-18(20)32)6-9-4-10(16-26-8(2)35-29-16)11(22)5-12(9)30(15)7-14(34-13)21(23,24)25/h4-5,13-15H,3,6-7H2,1-2H3,(H2,27,28,31,32,33)/t13-,14-,15+/m0/s1. The minimum atomic E-state index is -4.75. The van der Waals surface area contributed by atoms with Crippen LogP contribution in [0.4, 0.5) is 28.0 Å². The zero-order valence-corrected chi connectivity index (χ0v) is 18.4. The molecule has 2 N–H and O–H groups in total. The van der Waals surface area contributed by atoms with Gasteiger partial charge in [-0.05, 0) is 30.5 Å². The smallest absolute Gasteiger partial charge is 0.361 e. The van der Waals surface area contributed by atoms with Crippen molar-refractivity contribution >= 4 is 23.5 Å². The van der Waals surface area contributed by atoms with Crippen molar-refractivity contribution in [3.8, 4) is 11.4 Å². The quantitative estimate of drug-likeness (QED) is 0.477. The fourth-order valence-corrected chi connectivity index (χ4v) is 5.15. The molecule has 0 bridgehead atoms. The summed E-state index contributed by atoms with van der Waals surface area (Å²) in [6, 6.07) is 0.0429. The molecule has 3 aliphatic heterocycles. The number of alkyl halides is 3. The molecule has 0 aliphatic carbocycles. The molecule has 4 amide bonds. The number of nitrogens with zero attached hydrogens (tertiary/aromatic N) is 3. The van der Waals surface area contributed by atoms with Crippen LogP contribution in [0.15, 0.2) is 16.7 Å². The number of carbonyl (C=O) groups is 3. The molecule has 0 radical (unpaired) electrons. The zero-order chi connectivity index (χ0) is 25.3. The van der Waals surface area contributed by atoms with Crippen molar-refractivity contribution in [3.63, 3.8) is 0 Å². The summed E-state index contributed by atoms with van der Waals surface area (Å²) < 4.78 is 66.6. The predicted molar refractivity (Wildman–Crippen MR) is 108 cm³/mol. The van der Waals surface area contributed by atoms with Crippen LogP contribution in [-0.2, 0) is 20.7 Å². The highest BCUT2D eigenvalue weighted by Gasteiger charge is 2.65. The average molecular weight is 497 g/mol. The van der Waals surface area contributed by atoms with E-state index in [-0.39, 0.29) is 41.4 Å². The monoisotopic (exact) mass is 497 g/mol. The Labute approximate surface area is 195 Å². The Morgan fingerprint density at radius 2 is 1.89 bits per heavy atom. The van der Waals surface area contributed by atoms with E-state index in [4.69, 9.17) is 9.26 Å². The van der Waals surface area contributed by atoms with Crippen LogP contribution in [0.1, 0.15) is 24.8 Å². The lowest BCUT2D eigenvalue weighted by molar-refractivity contribution is -0.245. The second-order valence-electron chi connectivity index (χ2n) is 8.69. The van der Waals surface area contributed by atoms with Gasteiger partial charge in [-0.25, -0.2) is 9.18 Å². The molecule has 2 fully saturated rings. The fraction of sp³-hybridized carbons (Fsp3) is 0.476. The highest BCUT2D eigenvalue weighted by atomic mass is 19.4. The molecule has 14 heteroatoms. The van der Waals surface area contributed by atoms with Crippen LogP contribution in [0.3, 0.4) is 0 Å². The number of anilines is 1. The second kappa shape index (κ2) is 7.73. The summed E-state index contributed by atoms with van der Waals surface area (Å²) in [5, 5.41) is 7.79. The molecule has 10 nitrogen and oxygen atoms in total. The maximum absolute atomic E-state index is 15.2. The number of aryl methyl sites for hydroxylation is 1. The molecule has 5 rings (SSSR count). The van der Waals surface area contributed by atoms with E-state index in [2.05, 4.69) is 20.8 Å². The molecular weight excluding hydrogens is 478 g/mol. The number of morpholine rings is 1. The Hall–Kier alpha value is -3.55. The van der Waals surface area contributed by atoms with E-state index in [0.717, 1.165) is 6.07 Å². The van der Waals surface area contributed by atoms with Crippen molar-refractivity contribution in [2.45, 2.75) is 51.1 Å².